The number of benzene rings is 6. The first-order valence-corrected chi connectivity index (χ1v) is 29.4. The van der Waals surface area contributed by atoms with Gasteiger partial charge in [-0.3, -0.25) is 22.8 Å². The van der Waals surface area contributed by atoms with Crippen molar-refractivity contribution in [1.29, 1.82) is 0 Å². The van der Waals surface area contributed by atoms with Crippen molar-refractivity contribution in [3.8, 4) is 34.9 Å². The van der Waals surface area contributed by atoms with Crippen LogP contribution < -0.4 is 0 Å². The molecular formula is C46H38N12O15S5. The van der Waals surface area contributed by atoms with Crippen molar-refractivity contribution in [2.24, 2.45) is 0 Å². The monoisotopic (exact) mass is 1160 g/mol. The number of aromatic nitrogens is 12. The van der Waals surface area contributed by atoms with Crippen LogP contribution in [0.5, 0.6) is 0 Å². The van der Waals surface area contributed by atoms with Gasteiger partial charge in [0.2, 0.25) is 0 Å². The van der Waals surface area contributed by atoms with Gasteiger partial charge in [-0.2, -0.15) is 42.1 Å². The molecule has 0 amide bonds. The van der Waals surface area contributed by atoms with Crippen molar-refractivity contribution in [3.63, 3.8) is 0 Å². The predicted octanol–water partition coefficient (Wildman–Crippen LogP) is 6.79. The molecule has 0 aliphatic rings. The molecule has 0 aliphatic heterocycles. The fraction of sp³-hybridized carbons (Fsp3) is 0.0870. The van der Waals surface area contributed by atoms with E-state index in [1.54, 1.807) is 32.0 Å². The standard InChI is InChI=1S/C16H14N4O6S2.C15H12N4O6S2.C15H12N4O3S/c1-7-3-9-13(11(5-7)27(21,22)23)19-15(17-9)16-18-10-4-8(2)6-12(14(10)20-16)28(24,25)26;1-7-2-3-9-10(4-7)17-14(16-9)15-18-11-5-8(26(20,21)22)6-12(13(11)19-15)27(23,24)25;1-8-2-4-10-12(6-8)18-14(16-10)15-17-11-5-3-9(23(20,21)22)7-13(11)19-15/h3-6H,1-2H3,(H,17,19)(H,18,20)(H,21,22,23)(H,24,25,26);2-6H,1H3,(H,16,17)(H,18,19)(H,20,21,22)(H,23,24,25);2-7H,1H3,(H,16,18)(H,17,19)(H,20,21,22). The minimum absolute atomic E-state index is 0.00983. The third kappa shape index (κ3) is 10.6. The molecule has 0 fully saturated rings. The second-order valence-electron chi connectivity index (χ2n) is 17.7. The van der Waals surface area contributed by atoms with Crippen LogP contribution in [-0.2, 0) is 50.6 Å². The molecule has 402 valence electrons. The zero-order valence-corrected chi connectivity index (χ0v) is 44.3. The Bertz CT molecular complexity index is 4970. The SMILES string of the molecule is Cc1cc(S(=O)(=O)O)c2nc(-c3nc4c(S(=O)(=O)O)cc(C)cc4[nH]3)[nH]c2c1.Cc1ccc2nc(-c3nc4c(S(=O)(=O)O)cc(S(=O)(=O)O)cc4[nH]3)[nH]c2c1.Cc1ccc2nc(-c3nc4ccc(S(=O)(=O)O)cc4[nH]3)[nH]c2c1. The molecule has 0 radical (unpaired) electrons. The summed E-state index contributed by atoms with van der Waals surface area (Å²) in [7, 11) is -22.8. The van der Waals surface area contributed by atoms with Crippen LogP contribution in [0.25, 0.3) is 101 Å². The highest BCUT2D eigenvalue weighted by Crippen LogP contribution is 2.32. The fourth-order valence-corrected chi connectivity index (χ4v) is 11.6. The van der Waals surface area contributed by atoms with Gasteiger partial charge < -0.3 is 29.9 Å². The quantitative estimate of drug-likeness (QED) is 0.0698. The molecule has 0 saturated carbocycles. The molecule has 0 atom stereocenters. The number of aryl methyl sites for hydroxylation is 4. The summed E-state index contributed by atoms with van der Waals surface area (Å²) in [5.41, 5.74) is 8.08. The maximum absolute atomic E-state index is 11.7. The Morgan fingerprint density at radius 1 is 0.295 bits per heavy atom. The summed E-state index contributed by atoms with van der Waals surface area (Å²) >= 11 is 0. The van der Waals surface area contributed by atoms with E-state index in [0.717, 1.165) is 33.7 Å². The van der Waals surface area contributed by atoms with Crippen LogP contribution in [0, 0.1) is 27.7 Å². The number of aromatic amines is 6. The van der Waals surface area contributed by atoms with Gasteiger partial charge in [0.25, 0.3) is 50.6 Å². The highest BCUT2D eigenvalue weighted by Gasteiger charge is 2.26. The van der Waals surface area contributed by atoms with Gasteiger partial charge in [0.15, 0.2) is 34.9 Å². The van der Waals surface area contributed by atoms with E-state index in [1.165, 1.54) is 30.3 Å². The van der Waals surface area contributed by atoms with Gasteiger partial charge >= 0.3 is 0 Å². The van der Waals surface area contributed by atoms with E-state index in [2.05, 4.69) is 59.8 Å². The molecule has 0 unspecified atom stereocenters. The zero-order chi connectivity index (χ0) is 56.2. The maximum Gasteiger partial charge on any atom is 0.296 e. The summed E-state index contributed by atoms with van der Waals surface area (Å²) in [6.07, 6.45) is 0. The Labute approximate surface area is 439 Å². The Hall–Kier alpha value is -8.31. The number of rotatable bonds is 8. The van der Waals surface area contributed by atoms with Gasteiger partial charge in [0.05, 0.1) is 59.4 Å². The van der Waals surface area contributed by atoms with E-state index in [1.807, 2.05) is 44.2 Å². The molecule has 12 rings (SSSR count). The summed E-state index contributed by atoms with van der Waals surface area (Å²) in [5.74, 6) is 1.77. The van der Waals surface area contributed by atoms with Crippen LogP contribution in [0.2, 0.25) is 0 Å². The fourth-order valence-electron chi connectivity index (χ4n) is 8.32. The average molecular weight is 1160 g/mol. The van der Waals surface area contributed by atoms with Crippen LogP contribution in [0.3, 0.4) is 0 Å². The number of nitrogens with zero attached hydrogens (tertiary/aromatic N) is 6. The Kier molecular flexibility index (Phi) is 12.7. The molecule has 0 bridgehead atoms. The van der Waals surface area contributed by atoms with Crippen LogP contribution in [-0.4, -0.2) is 125 Å². The summed E-state index contributed by atoms with van der Waals surface area (Å²) in [6, 6.07) is 23.2. The lowest BCUT2D eigenvalue weighted by Crippen LogP contribution is -2.04. The molecule has 32 heteroatoms. The van der Waals surface area contributed by atoms with Crippen LogP contribution in [0.15, 0.2) is 115 Å². The second kappa shape index (κ2) is 18.7. The molecule has 0 saturated heterocycles. The molecule has 6 aromatic heterocycles. The molecule has 0 aliphatic carbocycles. The molecule has 6 heterocycles. The third-order valence-corrected chi connectivity index (χ3v) is 16.0. The lowest BCUT2D eigenvalue weighted by molar-refractivity contribution is 0.478. The van der Waals surface area contributed by atoms with Crippen LogP contribution >= 0.6 is 0 Å². The van der Waals surface area contributed by atoms with Gasteiger partial charge in [-0.05, 0) is 129 Å². The molecule has 6 aromatic carbocycles. The maximum atomic E-state index is 11.7. The van der Waals surface area contributed by atoms with Crippen molar-refractivity contribution in [2.45, 2.75) is 52.2 Å². The van der Waals surface area contributed by atoms with E-state index < -0.39 is 60.4 Å². The summed E-state index contributed by atoms with van der Waals surface area (Å²) in [6.45, 7) is 7.24. The van der Waals surface area contributed by atoms with E-state index in [9.17, 15) is 60.3 Å². The number of H-pyrrole nitrogens is 6. The van der Waals surface area contributed by atoms with Crippen molar-refractivity contribution < 1.29 is 64.9 Å². The minimum atomic E-state index is -4.80. The van der Waals surface area contributed by atoms with Gasteiger partial charge in [-0.15, -0.1) is 0 Å². The van der Waals surface area contributed by atoms with Crippen LogP contribution in [0.1, 0.15) is 22.3 Å². The van der Waals surface area contributed by atoms with E-state index in [4.69, 9.17) is 4.55 Å². The lowest BCUT2D eigenvalue weighted by Gasteiger charge is -2.02. The number of nitrogens with one attached hydrogen (secondary N) is 6. The number of imidazole rings is 6. The Morgan fingerprint density at radius 2 is 0.577 bits per heavy atom. The van der Waals surface area contributed by atoms with Gasteiger partial charge in [-0.25, -0.2) is 29.9 Å². The smallest absolute Gasteiger partial charge is 0.296 e. The number of hydrogen-bond donors (Lipinski definition) is 11. The van der Waals surface area contributed by atoms with E-state index in [-0.39, 0.29) is 54.2 Å². The van der Waals surface area contributed by atoms with Crippen molar-refractivity contribution in [1.82, 2.24) is 59.8 Å². The number of fused-ring (bicyclic) bond motifs is 6. The molecule has 27 nitrogen and oxygen atoms in total. The van der Waals surface area contributed by atoms with Gasteiger partial charge in [-0.1, -0.05) is 12.1 Å². The number of hydrogen-bond acceptors (Lipinski definition) is 16. The normalized spacial score (nSPS) is 12.7. The summed E-state index contributed by atoms with van der Waals surface area (Å²) < 4.78 is 162. The van der Waals surface area contributed by atoms with Crippen molar-refractivity contribution >= 4 is 117 Å². The zero-order valence-electron chi connectivity index (χ0n) is 40.2. The molecule has 11 N–H and O–H groups in total. The summed E-state index contributed by atoms with van der Waals surface area (Å²) in [5, 5.41) is 0. The van der Waals surface area contributed by atoms with E-state index in [0.29, 0.717) is 62.2 Å². The molecule has 78 heavy (non-hydrogen) atoms. The summed E-state index contributed by atoms with van der Waals surface area (Å²) in [4.78, 5) is 41.2. The molecule has 0 spiro atoms. The van der Waals surface area contributed by atoms with Gasteiger partial charge in [0, 0.05) is 0 Å². The third-order valence-electron chi connectivity index (χ3n) is 11.7. The highest BCUT2D eigenvalue weighted by molar-refractivity contribution is 7.87. The first-order chi connectivity index (χ1) is 36.3. The molecule has 12 aromatic rings. The first-order valence-electron chi connectivity index (χ1n) is 22.2. The Morgan fingerprint density at radius 3 is 0.936 bits per heavy atom. The molecular weight excluding hydrogens is 1120 g/mol. The average Bonchev–Trinajstić information content (AvgIpc) is 4.37. The first kappa shape index (κ1) is 53.1. The van der Waals surface area contributed by atoms with Crippen molar-refractivity contribution in [2.75, 3.05) is 0 Å². The second-order valence-corrected chi connectivity index (χ2v) is 24.8. The Balaban J connectivity index is 0.000000133. The predicted molar refractivity (Wildman–Crippen MR) is 282 cm³/mol. The largest absolute Gasteiger partial charge is 0.335 e. The lowest BCUT2D eigenvalue weighted by atomic mass is 10.2. The van der Waals surface area contributed by atoms with E-state index >= 15 is 0 Å². The topological polar surface area (TPSA) is 444 Å². The van der Waals surface area contributed by atoms with Crippen LogP contribution in [0.4, 0.5) is 0 Å². The van der Waals surface area contributed by atoms with Gasteiger partial charge in [0.1, 0.15) is 31.2 Å². The highest BCUT2D eigenvalue weighted by atomic mass is 32.2. The van der Waals surface area contributed by atoms with Crippen molar-refractivity contribution in [3.05, 3.63) is 113 Å². The minimum Gasteiger partial charge on any atom is -0.335 e.